The van der Waals surface area contributed by atoms with Crippen LogP contribution in [-0.2, 0) is 31.2 Å². The van der Waals surface area contributed by atoms with Crippen LogP contribution in [0.1, 0.15) is 0 Å². The summed E-state index contributed by atoms with van der Waals surface area (Å²) in [4.78, 5) is 17.1. The van der Waals surface area contributed by atoms with Gasteiger partial charge in [0.15, 0.2) is 10.1 Å². The van der Waals surface area contributed by atoms with Gasteiger partial charge in [-0.2, -0.15) is 13.2 Å². The number of rotatable bonds is 12. The summed E-state index contributed by atoms with van der Waals surface area (Å²) in [6.45, 7) is 26.8. The van der Waals surface area contributed by atoms with Crippen molar-refractivity contribution in [2.75, 3.05) is 39.3 Å². The Kier molecular flexibility index (Phi) is 17.6. The first-order valence-electron chi connectivity index (χ1n) is 9.84. The molecule has 0 saturated heterocycles. The van der Waals surface area contributed by atoms with Crippen molar-refractivity contribution in [1.29, 1.82) is 0 Å². The molecule has 0 radical (unpaired) electrons. The van der Waals surface area contributed by atoms with Crippen LogP contribution in [0.3, 0.4) is 0 Å². The molecule has 0 amide bonds. The standard InChI is InChI=1S/C15H39N4Si3.CHF3O3S.Mo/c1-20(2,3)16-10-13-19(14-11-17-21(4,5)6)15-12-18-22(7,8)9;2-1(3,4)8(5,6)7;/h10-15H2,1-9H3;(H,5,6,7);/q-3;;+4/p-1. The summed E-state index contributed by atoms with van der Waals surface area (Å²) in [6, 6.07) is 0. The predicted octanol–water partition coefficient (Wildman–Crippen LogP) is 4.96. The Hall–Kier alpha value is 0.879. The van der Waals surface area contributed by atoms with Gasteiger partial charge in [-0.1, -0.05) is 83.6 Å². The van der Waals surface area contributed by atoms with Crippen LogP contribution in [-0.4, -0.2) is 87.4 Å². The number of hydrogen-bond donors (Lipinski definition) is 0. The van der Waals surface area contributed by atoms with Crippen LogP contribution in [0.5, 0.6) is 0 Å². The fraction of sp³-hybridized carbons (Fsp3) is 1.00. The quantitative estimate of drug-likeness (QED) is 0.178. The van der Waals surface area contributed by atoms with Gasteiger partial charge in [-0.15, -0.1) is 19.6 Å². The van der Waals surface area contributed by atoms with Gasteiger partial charge in [0.05, 0.1) is 0 Å². The Morgan fingerprint density at radius 1 is 0.710 bits per heavy atom. The molecule has 0 aromatic carbocycles. The van der Waals surface area contributed by atoms with Crippen molar-refractivity contribution in [2.24, 2.45) is 0 Å². The van der Waals surface area contributed by atoms with Crippen molar-refractivity contribution >= 4 is 34.8 Å². The summed E-state index contributed by atoms with van der Waals surface area (Å²) in [5.74, 6) is 0. The van der Waals surface area contributed by atoms with E-state index in [1.807, 2.05) is 0 Å². The van der Waals surface area contributed by atoms with Crippen LogP contribution in [0, 0.1) is 0 Å². The van der Waals surface area contributed by atoms with Crippen LogP contribution < -0.4 is 0 Å². The summed E-state index contributed by atoms with van der Waals surface area (Å²) in [6.07, 6.45) is 0. The fourth-order valence-corrected chi connectivity index (χ4v) is 4.23. The molecular weight excluding hydrogens is 565 g/mol. The van der Waals surface area contributed by atoms with E-state index in [0.717, 1.165) is 39.3 Å². The topological polar surface area (TPSA) is 103 Å². The third kappa shape index (κ3) is 27.0. The van der Waals surface area contributed by atoms with Crippen molar-refractivity contribution in [3.63, 3.8) is 0 Å². The molecule has 0 aromatic heterocycles. The number of nitrogens with zero attached hydrogens (tertiary/aromatic N) is 4. The minimum atomic E-state index is -6.09. The van der Waals surface area contributed by atoms with Crippen LogP contribution >= 0.6 is 0 Å². The monoisotopic (exact) mass is 606 g/mol. The van der Waals surface area contributed by atoms with Gasteiger partial charge in [0.1, 0.15) is 0 Å². The molecule has 0 rings (SSSR count). The van der Waals surface area contributed by atoms with E-state index in [1.54, 1.807) is 0 Å². The summed E-state index contributed by atoms with van der Waals surface area (Å²) in [7, 11) is -9.93. The maximum absolute atomic E-state index is 10.7. The Morgan fingerprint density at radius 2 is 0.903 bits per heavy atom. The largest absolute Gasteiger partial charge is 4.00 e. The van der Waals surface area contributed by atoms with Crippen molar-refractivity contribution in [3.8, 4) is 0 Å². The van der Waals surface area contributed by atoms with E-state index in [1.165, 1.54) is 0 Å². The van der Waals surface area contributed by atoms with Gasteiger partial charge in [0.2, 0.25) is 0 Å². The van der Waals surface area contributed by atoms with E-state index in [4.69, 9.17) is 27.9 Å². The summed E-state index contributed by atoms with van der Waals surface area (Å²) >= 11 is 0. The number of alkyl halides is 3. The second-order valence-corrected chi connectivity index (χ2v) is 25.2. The molecule has 0 fully saturated rings. The maximum Gasteiger partial charge on any atom is 4.00 e. The van der Waals surface area contributed by atoms with E-state index in [9.17, 15) is 13.2 Å². The van der Waals surface area contributed by atoms with Gasteiger partial charge in [-0.3, -0.25) is 0 Å². The van der Waals surface area contributed by atoms with E-state index >= 15 is 0 Å². The first kappa shape index (κ1) is 36.4. The van der Waals surface area contributed by atoms with Gasteiger partial charge in [-0.05, 0) is 19.6 Å². The van der Waals surface area contributed by atoms with Crippen LogP contribution in [0.2, 0.25) is 58.9 Å². The average Bonchev–Trinajstić information content (AvgIpc) is 2.41. The van der Waals surface area contributed by atoms with Crippen LogP contribution in [0.25, 0.3) is 14.9 Å². The Morgan fingerprint density at radius 3 is 1.03 bits per heavy atom. The number of hydrogen-bond acceptors (Lipinski definition) is 4. The molecule has 31 heavy (non-hydrogen) atoms. The molecule has 0 spiro atoms. The molecule has 0 unspecified atom stereocenters. The second-order valence-electron chi connectivity index (χ2n) is 9.90. The maximum atomic E-state index is 10.7. The normalized spacial score (nSPS) is 13.5. The molecule has 186 valence electrons. The molecule has 0 heterocycles. The van der Waals surface area contributed by atoms with Crippen molar-refractivity contribution < 1.29 is 47.2 Å². The van der Waals surface area contributed by atoms with Crippen molar-refractivity contribution in [3.05, 3.63) is 14.9 Å². The zero-order valence-corrected chi connectivity index (χ0v) is 26.0. The van der Waals surface area contributed by atoms with Crippen molar-refractivity contribution in [1.82, 2.24) is 4.90 Å². The predicted molar refractivity (Wildman–Crippen MR) is 127 cm³/mol. The van der Waals surface area contributed by atoms with Gasteiger partial charge >= 0.3 is 26.6 Å². The minimum absolute atomic E-state index is 0. The fourth-order valence-electron chi connectivity index (χ4n) is 1.92. The molecule has 15 heteroatoms. The number of halogens is 3. The first-order chi connectivity index (χ1) is 13.0. The molecule has 0 N–H and O–H groups in total. The van der Waals surface area contributed by atoms with E-state index in [2.05, 4.69) is 63.8 Å². The molecule has 0 aromatic rings. The van der Waals surface area contributed by atoms with Crippen LogP contribution in [0.4, 0.5) is 13.2 Å². The molecular formula is C16H39F3MoN4O3SSi3. The van der Waals surface area contributed by atoms with Gasteiger partial charge in [0.25, 0.3) is 0 Å². The molecule has 0 saturated carbocycles. The third-order valence-electron chi connectivity index (χ3n) is 3.29. The molecule has 7 nitrogen and oxygen atoms in total. The second kappa shape index (κ2) is 15.0. The molecule has 0 bridgehead atoms. The Labute approximate surface area is 205 Å². The van der Waals surface area contributed by atoms with Gasteiger partial charge in [0, 0.05) is 0 Å². The summed E-state index contributed by atoms with van der Waals surface area (Å²) < 4.78 is 58.9. The minimum Gasteiger partial charge on any atom is -0.741 e. The van der Waals surface area contributed by atoms with E-state index in [0.29, 0.717) is 0 Å². The zero-order valence-electron chi connectivity index (χ0n) is 20.2. The first-order valence-corrected chi connectivity index (χ1v) is 21.6. The molecule has 0 atom stereocenters. The van der Waals surface area contributed by atoms with Gasteiger partial charge in [-0.25, -0.2) is 8.42 Å². The third-order valence-corrected chi connectivity index (χ3v) is 7.37. The Bertz CT molecular complexity index is 534. The van der Waals surface area contributed by atoms with E-state index in [-0.39, 0.29) is 21.1 Å². The molecule has 0 aliphatic rings. The Balaban J connectivity index is -0.000000739. The van der Waals surface area contributed by atoms with Crippen LogP contribution in [0.15, 0.2) is 0 Å². The summed E-state index contributed by atoms with van der Waals surface area (Å²) in [5.41, 5.74) is -5.65. The van der Waals surface area contributed by atoms with E-state index < -0.39 is 40.3 Å². The summed E-state index contributed by atoms with van der Waals surface area (Å²) in [5, 5.41) is 0. The van der Waals surface area contributed by atoms with Gasteiger partial charge < -0.3 is 24.4 Å². The smallest absolute Gasteiger partial charge is 0.741 e. The average molecular weight is 605 g/mol. The SMILES string of the molecule is C[Si](C)(C)[N-]CCN(CC[N-][Si](C)(C)C)CC[N-][Si](C)(C)C.O=S(=O)([O-])C(F)(F)F.[Mo+4]. The molecule has 0 aliphatic carbocycles. The molecule has 0 aliphatic heterocycles. The zero-order chi connectivity index (χ0) is 24.4. The van der Waals surface area contributed by atoms with Crippen molar-refractivity contribution in [2.45, 2.75) is 64.4 Å².